The van der Waals surface area contributed by atoms with E-state index >= 15 is 0 Å². The first-order valence-corrected chi connectivity index (χ1v) is 5.88. The van der Waals surface area contributed by atoms with E-state index in [0.29, 0.717) is 19.4 Å². The molecule has 5 nitrogen and oxygen atoms in total. The molecule has 0 saturated heterocycles. The Balaban J connectivity index is 2.00. The summed E-state index contributed by atoms with van der Waals surface area (Å²) in [4.78, 5) is 19.7. The minimum absolute atomic E-state index is 0.458. The normalized spacial score (nSPS) is 18.2. The number of aryl methyl sites for hydroxylation is 1. The number of aliphatic carboxylic acids is 1. The summed E-state index contributed by atoms with van der Waals surface area (Å²) < 4.78 is 0. The number of hydrogen-bond acceptors (Lipinski definition) is 4. The maximum Gasteiger partial charge on any atom is 0.323 e. The summed E-state index contributed by atoms with van der Waals surface area (Å²) in [6.45, 7) is 2.33. The fourth-order valence-electron chi connectivity index (χ4n) is 2.22. The lowest BCUT2D eigenvalue weighted by atomic mass is 9.98. The Bertz CT molecular complexity index is 397. The van der Waals surface area contributed by atoms with Crippen LogP contribution in [0.1, 0.15) is 37.1 Å². The minimum atomic E-state index is -0.757. The molecular weight excluding hydrogens is 218 g/mol. The Kier molecular flexibility index (Phi) is 3.38. The highest BCUT2D eigenvalue weighted by atomic mass is 16.4. The van der Waals surface area contributed by atoms with E-state index in [1.807, 2.05) is 6.92 Å². The zero-order valence-corrected chi connectivity index (χ0v) is 9.94. The molecule has 1 aliphatic carbocycles. The van der Waals surface area contributed by atoms with E-state index < -0.39 is 11.5 Å². The van der Waals surface area contributed by atoms with Crippen molar-refractivity contribution in [1.29, 1.82) is 0 Å². The zero-order chi connectivity index (χ0) is 12.3. The Morgan fingerprint density at radius 3 is 2.65 bits per heavy atom. The van der Waals surface area contributed by atoms with Crippen molar-refractivity contribution in [3.8, 4) is 0 Å². The third-order valence-corrected chi connectivity index (χ3v) is 3.31. The lowest BCUT2D eigenvalue weighted by Crippen LogP contribution is -2.49. The Morgan fingerprint density at radius 1 is 1.41 bits per heavy atom. The number of nitrogens with one attached hydrogen (secondary N) is 1. The molecular formula is C12H17N3O2. The summed E-state index contributed by atoms with van der Waals surface area (Å²) in [6.07, 6.45) is 6.72. The topological polar surface area (TPSA) is 75.1 Å². The quantitative estimate of drug-likeness (QED) is 0.822. The lowest BCUT2D eigenvalue weighted by Gasteiger charge is -2.25. The molecule has 1 heterocycles. The van der Waals surface area contributed by atoms with Crippen LogP contribution in [0.15, 0.2) is 12.4 Å². The van der Waals surface area contributed by atoms with Crippen LogP contribution in [0.5, 0.6) is 0 Å². The molecule has 2 N–H and O–H groups in total. The molecule has 1 aromatic rings. The number of nitrogens with zero attached hydrogens (tertiary/aromatic N) is 2. The van der Waals surface area contributed by atoms with Crippen molar-refractivity contribution >= 4 is 5.97 Å². The Hall–Kier alpha value is -1.49. The van der Waals surface area contributed by atoms with Gasteiger partial charge in [0.2, 0.25) is 0 Å². The van der Waals surface area contributed by atoms with Crippen LogP contribution in [0.2, 0.25) is 0 Å². The average Bonchev–Trinajstić information content (AvgIpc) is 2.78. The monoisotopic (exact) mass is 235 g/mol. The van der Waals surface area contributed by atoms with Crippen LogP contribution >= 0.6 is 0 Å². The predicted molar refractivity (Wildman–Crippen MR) is 62.4 cm³/mol. The third-order valence-electron chi connectivity index (χ3n) is 3.31. The van der Waals surface area contributed by atoms with Crippen LogP contribution in [-0.4, -0.2) is 26.6 Å². The van der Waals surface area contributed by atoms with Crippen molar-refractivity contribution < 1.29 is 9.90 Å². The smallest absolute Gasteiger partial charge is 0.323 e. The van der Waals surface area contributed by atoms with Gasteiger partial charge in [-0.3, -0.25) is 20.1 Å². The van der Waals surface area contributed by atoms with Crippen LogP contribution in [-0.2, 0) is 11.3 Å². The van der Waals surface area contributed by atoms with Gasteiger partial charge in [-0.1, -0.05) is 12.8 Å². The van der Waals surface area contributed by atoms with Crippen LogP contribution in [0.25, 0.3) is 0 Å². The standard InChI is InChI=1S/C12H17N3O2/c1-9-6-14-10(7-13-9)8-15-12(11(16)17)4-2-3-5-12/h6-7,15H,2-5,8H2,1H3,(H,16,17). The van der Waals surface area contributed by atoms with E-state index in [9.17, 15) is 9.90 Å². The molecule has 0 aromatic carbocycles. The first-order chi connectivity index (χ1) is 8.12. The van der Waals surface area contributed by atoms with Crippen molar-refractivity contribution in [2.45, 2.75) is 44.7 Å². The second kappa shape index (κ2) is 4.79. The molecule has 0 aliphatic heterocycles. The van der Waals surface area contributed by atoms with Crippen molar-refractivity contribution in [3.05, 3.63) is 23.8 Å². The van der Waals surface area contributed by atoms with Crippen molar-refractivity contribution in [1.82, 2.24) is 15.3 Å². The molecule has 5 heteroatoms. The maximum atomic E-state index is 11.3. The highest BCUT2D eigenvalue weighted by Gasteiger charge is 2.40. The van der Waals surface area contributed by atoms with Gasteiger partial charge in [0.05, 0.1) is 11.4 Å². The molecule has 1 saturated carbocycles. The molecule has 0 bridgehead atoms. The highest BCUT2D eigenvalue weighted by molar-refractivity contribution is 5.79. The molecule has 0 atom stereocenters. The lowest BCUT2D eigenvalue weighted by molar-refractivity contribution is -0.144. The Labute approximate surface area is 100 Å². The van der Waals surface area contributed by atoms with Gasteiger partial charge in [0.1, 0.15) is 5.54 Å². The molecule has 1 fully saturated rings. The number of hydrogen-bond donors (Lipinski definition) is 2. The minimum Gasteiger partial charge on any atom is -0.480 e. The largest absolute Gasteiger partial charge is 0.480 e. The number of aromatic nitrogens is 2. The fraction of sp³-hybridized carbons (Fsp3) is 0.583. The molecule has 0 radical (unpaired) electrons. The van der Waals surface area contributed by atoms with Gasteiger partial charge in [-0.25, -0.2) is 0 Å². The van der Waals surface area contributed by atoms with Crippen LogP contribution < -0.4 is 5.32 Å². The summed E-state index contributed by atoms with van der Waals surface area (Å²) >= 11 is 0. The molecule has 0 amide bonds. The molecule has 0 unspecified atom stereocenters. The maximum absolute atomic E-state index is 11.3. The van der Waals surface area contributed by atoms with E-state index in [1.165, 1.54) is 0 Å². The van der Waals surface area contributed by atoms with Crippen molar-refractivity contribution in [2.75, 3.05) is 0 Å². The van der Waals surface area contributed by atoms with E-state index in [0.717, 1.165) is 24.2 Å². The van der Waals surface area contributed by atoms with Gasteiger partial charge in [0, 0.05) is 18.9 Å². The van der Waals surface area contributed by atoms with E-state index in [1.54, 1.807) is 12.4 Å². The third kappa shape index (κ3) is 2.61. The average molecular weight is 235 g/mol. The predicted octanol–water partition coefficient (Wildman–Crippen LogP) is 1.27. The summed E-state index contributed by atoms with van der Waals surface area (Å²) in [6, 6.07) is 0. The first-order valence-electron chi connectivity index (χ1n) is 5.88. The number of rotatable bonds is 4. The van der Waals surface area contributed by atoms with Crippen LogP contribution in [0.4, 0.5) is 0 Å². The molecule has 1 aromatic heterocycles. The van der Waals surface area contributed by atoms with E-state index in [2.05, 4.69) is 15.3 Å². The van der Waals surface area contributed by atoms with Gasteiger partial charge in [0.25, 0.3) is 0 Å². The number of carboxylic acids is 1. The molecule has 17 heavy (non-hydrogen) atoms. The van der Waals surface area contributed by atoms with Crippen LogP contribution in [0, 0.1) is 6.92 Å². The first kappa shape index (κ1) is 12.0. The summed E-state index contributed by atoms with van der Waals surface area (Å²) in [7, 11) is 0. The second-order valence-electron chi connectivity index (χ2n) is 4.60. The van der Waals surface area contributed by atoms with Gasteiger partial charge >= 0.3 is 5.97 Å². The zero-order valence-electron chi connectivity index (χ0n) is 9.94. The molecule has 92 valence electrons. The van der Waals surface area contributed by atoms with Gasteiger partial charge in [0.15, 0.2) is 0 Å². The summed E-state index contributed by atoms with van der Waals surface area (Å²) in [5.74, 6) is -0.755. The van der Waals surface area contributed by atoms with Crippen molar-refractivity contribution in [2.24, 2.45) is 0 Å². The van der Waals surface area contributed by atoms with Gasteiger partial charge in [-0.15, -0.1) is 0 Å². The van der Waals surface area contributed by atoms with Crippen LogP contribution in [0.3, 0.4) is 0 Å². The Morgan fingerprint density at radius 2 is 2.12 bits per heavy atom. The molecule has 1 aliphatic rings. The van der Waals surface area contributed by atoms with Gasteiger partial charge in [-0.2, -0.15) is 0 Å². The highest BCUT2D eigenvalue weighted by Crippen LogP contribution is 2.30. The number of carboxylic acid groups (broad SMARTS) is 1. The summed E-state index contributed by atoms with van der Waals surface area (Å²) in [5.41, 5.74) is 0.887. The van der Waals surface area contributed by atoms with Crippen molar-refractivity contribution in [3.63, 3.8) is 0 Å². The molecule has 0 spiro atoms. The molecule has 2 rings (SSSR count). The fourth-order valence-corrected chi connectivity index (χ4v) is 2.22. The number of carbonyl (C=O) groups is 1. The van der Waals surface area contributed by atoms with Gasteiger partial charge in [-0.05, 0) is 19.8 Å². The summed E-state index contributed by atoms with van der Waals surface area (Å²) in [5, 5.41) is 12.4. The van der Waals surface area contributed by atoms with Gasteiger partial charge < -0.3 is 5.11 Å². The second-order valence-corrected chi connectivity index (χ2v) is 4.60. The SMILES string of the molecule is Cc1cnc(CNC2(C(=O)O)CCCC2)cn1. The van der Waals surface area contributed by atoms with E-state index in [4.69, 9.17) is 0 Å². The van der Waals surface area contributed by atoms with E-state index in [-0.39, 0.29) is 0 Å².